The normalized spacial score (nSPS) is 12.9. The fourth-order valence-electron chi connectivity index (χ4n) is 1.88. The van der Waals surface area contributed by atoms with Gasteiger partial charge in [-0.15, -0.1) is 0 Å². The van der Waals surface area contributed by atoms with Gasteiger partial charge in [0.1, 0.15) is 6.04 Å². The van der Waals surface area contributed by atoms with Crippen molar-refractivity contribution < 1.29 is 23.9 Å². The monoisotopic (exact) mass is 375 g/mol. The molecule has 0 saturated heterocycles. The Balaban J connectivity index is 2.66. The summed E-state index contributed by atoms with van der Waals surface area (Å²) in [5.41, 5.74) is 0.0587. The highest BCUT2D eigenvalue weighted by molar-refractivity contribution is 6.43. The van der Waals surface area contributed by atoms with Crippen LogP contribution >= 0.6 is 23.2 Å². The lowest BCUT2D eigenvalue weighted by Crippen LogP contribution is -2.47. The van der Waals surface area contributed by atoms with Gasteiger partial charge in [0.15, 0.2) is 6.61 Å². The van der Waals surface area contributed by atoms with Gasteiger partial charge in [-0.05, 0) is 18.1 Å². The lowest BCUT2D eigenvalue weighted by atomic mass is 9.99. The first-order valence-electron chi connectivity index (χ1n) is 7.30. The van der Waals surface area contributed by atoms with Crippen LogP contribution in [0.5, 0.6) is 0 Å². The van der Waals surface area contributed by atoms with Crippen LogP contribution in [0.4, 0.5) is 0 Å². The zero-order chi connectivity index (χ0) is 18.3. The van der Waals surface area contributed by atoms with Crippen molar-refractivity contribution in [2.24, 2.45) is 5.92 Å². The van der Waals surface area contributed by atoms with Gasteiger partial charge in [-0.1, -0.05) is 49.5 Å². The first kappa shape index (κ1) is 20.3. The average molecular weight is 376 g/mol. The molecule has 0 unspecified atom stereocenters. The van der Waals surface area contributed by atoms with Crippen LogP contribution in [0.1, 0.15) is 30.6 Å². The largest absolute Gasteiger partial charge is 0.467 e. The van der Waals surface area contributed by atoms with E-state index in [9.17, 15) is 14.4 Å². The number of esters is 2. The maximum Gasteiger partial charge on any atom is 0.340 e. The van der Waals surface area contributed by atoms with Crippen LogP contribution in [0, 0.1) is 5.92 Å². The number of nitrogens with one attached hydrogen (secondary N) is 1. The van der Waals surface area contributed by atoms with Crippen molar-refractivity contribution in [1.29, 1.82) is 0 Å². The van der Waals surface area contributed by atoms with Crippen LogP contribution in [-0.2, 0) is 19.1 Å². The van der Waals surface area contributed by atoms with E-state index in [0.29, 0.717) is 6.42 Å². The molecule has 2 atom stereocenters. The molecule has 1 aromatic rings. The molecule has 0 spiro atoms. The molecule has 0 aliphatic carbocycles. The number of hydrogen-bond acceptors (Lipinski definition) is 5. The Bertz CT molecular complexity index is 620. The zero-order valence-electron chi connectivity index (χ0n) is 13.6. The number of amides is 1. The second-order valence-corrected chi connectivity index (χ2v) is 5.92. The maximum atomic E-state index is 12.0. The molecule has 6 nitrogen and oxygen atoms in total. The second kappa shape index (κ2) is 9.49. The molecule has 0 aliphatic heterocycles. The number of carbonyl (C=O) groups is 3. The van der Waals surface area contributed by atoms with E-state index < -0.39 is 30.5 Å². The lowest BCUT2D eigenvalue weighted by Gasteiger charge is -2.21. The van der Waals surface area contributed by atoms with E-state index >= 15 is 0 Å². The number of benzene rings is 1. The summed E-state index contributed by atoms with van der Waals surface area (Å²) in [6, 6.07) is 3.70. The van der Waals surface area contributed by atoms with Crippen LogP contribution in [-0.4, -0.2) is 37.6 Å². The highest BCUT2D eigenvalue weighted by Crippen LogP contribution is 2.25. The second-order valence-electron chi connectivity index (χ2n) is 5.13. The van der Waals surface area contributed by atoms with Crippen molar-refractivity contribution in [2.45, 2.75) is 26.3 Å². The summed E-state index contributed by atoms with van der Waals surface area (Å²) in [7, 11) is 1.24. The molecular weight excluding hydrogens is 357 g/mol. The van der Waals surface area contributed by atoms with Crippen LogP contribution in [0.3, 0.4) is 0 Å². The number of carbonyl (C=O) groups excluding carboxylic acids is 3. The fourth-order valence-corrected chi connectivity index (χ4v) is 2.26. The van der Waals surface area contributed by atoms with E-state index in [1.54, 1.807) is 13.0 Å². The summed E-state index contributed by atoms with van der Waals surface area (Å²) in [6.07, 6.45) is 0.665. The van der Waals surface area contributed by atoms with E-state index in [4.69, 9.17) is 27.9 Å². The average Bonchev–Trinajstić information content (AvgIpc) is 2.58. The summed E-state index contributed by atoms with van der Waals surface area (Å²) in [4.78, 5) is 35.6. The summed E-state index contributed by atoms with van der Waals surface area (Å²) >= 11 is 11.7. The summed E-state index contributed by atoms with van der Waals surface area (Å²) in [6.45, 7) is 3.14. The Morgan fingerprint density at radius 3 is 2.50 bits per heavy atom. The quantitative estimate of drug-likeness (QED) is 0.740. The van der Waals surface area contributed by atoms with E-state index in [1.165, 1.54) is 19.2 Å². The smallest absolute Gasteiger partial charge is 0.340 e. The molecule has 1 amide bonds. The Morgan fingerprint density at radius 1 is 1.25 bits per heavy atom. The Morgan fingerprint density at radius 2 is 1.92 bits per heavy atom. The Hall–Kier alpha value is -1.79. The van der Waals surface area contributed by atoms with E-state index in [2.05, 4.69) is 10.1 Å². The van der Waals surface area contributed by atoms with Crippen molar-refractivity contribution >= 4 is 41.0 Å². The molecule has 0 heterocycles. The van der Waals surface area contributed by atoms with Crippen molar-refractivity contribution in [3.8, 4) is 0 Å². The minimum Gasteiger partial charge on any atom is -0.467 e. The number of ether oxygens (including phenoxy) is 2. The highest BCUT2D eigenvalue weighted by atomic mass is 35.5. The molecule has 24 heavy (non-hydrogen) atoms. The fraction of sp³-hybridized carbons (Fsp3) is 0.438. The number of hydrogen-bond donors (Lipinski definition) is 1. The molecular formula is C16H19Cl2NO5. The summed E-state index contributed by atoms with van der Waals surface area (Å²) in [5.74, 6) is -2.07. The molecule has 0 aromatic heterocycles. The van der Waals surface area contributed by atoms with Gasteiger partial charge in [-0.2, -0.15) is 0 Å². The maximum absolute atomic E-state index is 12.0. The summed E-state index contributed by atoms with van der Waals surface area (Å²) in [5, 5.41) is 2.76. The predicted octanol–water partition coefficient (Wildman–Crippen LogP) is 2.85. The van der Waals surface area contributed by atoms with Crippen molar-refractivity contribution in [3.05, 3.63) is 33.8 Å². The van der Waals surface area contributed by atoms with Gasteiger partial charge in [-0.3, -0.25) is 4.79 Å². The van der Waals surface area contributed by atoms with Gasteiger partial charge < -0.3 is 14.8 Å². The van der Waals surface area contributed by atoms with Crippen LogP contribution in [0.2, 0.25) is 10.0 Å². The van der Waals surface area contributed by atoms with E-state index in [1.807, 2.05) is 6.92 Å². The molecule has 8 heteroatoms. The van der Waals surface area contributed by atoms with Crippen molar-refractivity contribution in [2.75, 3.05) is 13.7 Å². The minimum atomic E-state index is -0.805. The van der Waals surface area contributed by atoms with Gasteiger partial charge in [-0.25, -0.2) is 9.59 Å². The third kappa shape index (κ3) is 5.39. The molecule has 1 N–H and O–H groups in total. The van der Waals surface area contributed by atoms with Gasteiger partial charge in [0, 0.05) is 0 Å². The van der Waals surface area contributed by atoms with Crippen molar-refractivity contribution in [1.82, 2.24) is 5.32 Å². The predicted molar refractivity (Wildman–Crippen MR) is 90.1 cm³/mol. The third-order valence-electron chi connectivity index (χ3n) is 3.49. The number of halogens is 2. The molecule has 0 fully saturated rings. The van der Waals surface area contributed by atoms with Crippen LogP contribution in [0.25, 0.3) is 0 Å². The lowest BCUT2D eigenvalue weighted by molar-refractivity contribution is -0.147. The van der Waals surface area contributed by atoms with Crippen LogP contribution < -0.4 is 5.32 Å². The molecule has 0 aliphatic rings. The molecule has 132 valence electrons. The number of rotatable bonds is 7. The molecule has 1 aromatic carbocycles. The summed E-state index contributed by atoms with van der Waals surface area (Å²) < 4.78 is 9.57. The third-order valence-corrected chi connectivity index (χ3v) is 4.31. The van der Waals surface area contributed by atoms with Gasteiger partial charge in [0.05, 0.1) is 22.7 Å². The zero-order valence-corrected chi connectivity index (χ0v) is 15.1. The SMILES string of the molecule is CC[C@@H](C)[C@H](NC(=O)COC(=O)c1cccc(Cl)c1Cl)C(=O)OC. The van der Waals surface area contributed by atoms with E-state index in [-0.39, 0.29) is 21.5 Å². The van der Waals surface area contributed by atoms with E-state index in [0.717, 1.165) is 0 Å². The molecule has 0 radical (unpaired) electrons. The molecule has 1 rings (SSSR count). The highest BCUT2D eigenvalue weighted by Gasteiger charge is 2.27. The minimum absolute atomic E-state index is 0.0524. The first-order valence-corrected chi connectivity index (χ1v) is 8.05. The Kier molecular flexibility index (Phi) is 8.01. The molecule has 0 saturated carbocycles. The van der Waals surface area contributed by atoms with Crippen molar-refractivity contribution in [3.63, 3.8) is 0 Å². The first-order chi connectivity index (χ1) is 11.3. The molecule has 0 bridgehead atoms. The van der Waals surface area contributed by atoms with Gasteiger partial charge in [0.25, 0.3) is 5.91 Å². The topological polar surface area (TPSA) is 81.7 Å². The number of methoxy groups -OCH3 is 1. The van der Waals surface area contributed by atoms with Crippen LogP contribution in [0.15, 0.2) is 18.2 Å². The standard InChI is InChI=1S/C16H19Cl2NO5/c1-4-9(2)14(16(22)23-3)19-12(20)8-24-15(21)10-6-5-7-11(17)13(10)18/h5-7,9,14H,4,8H2,1-3H3,(H,19,20)/t9-,14+/m1/s1. The Labute approximate surface area is 150 Å². The van der Waals surface area contributed by atoms with Gasteiger partial charge in [0.2, 0.25) is 0 Å². The van der Waals surface area contributed by atoms with Gasteiger partial charge >= 0.3 is 11.9 Å².